The van der Waals surface area contributed by atoms with Crippen LogP contribution in [0.25, 0.3) is 0 Å². The minimum Gasteiger partial charge on any atom is -0.494 e. The van der Waals surface area contributed by atoms with Gasteiger partial charge in [0.25, 0.3) is 5.91 Å². The summed E-state index contributed by atoms with van der Waals surface area (Å²) in [7, 11) is 1.86. The molecule has 0 radical (unpaired) electrons. The Bertz CT molecular complexity index is 813. The van der Waals surface area contributed by atoms with Crippen molar-refractivity contribution >= 4 is 5.91 Å². The molecule has 6 heteroatoms. The number of hydrogen-bond donors (Lipinski definition) is 1. The highest BCUT2D eigenvalue weighted by Gasteiger charge is 2.31. The van der Waals surface area contributed by atoms with Crippen molar-refractivity contribution in [3.63, 3.8) is 0 Å². The highest BCUT2D eigenvalue weighted by atomic mass is 16.5. The van der Waals surface area contributed by atoms with Gasteiger partial charge in [-0.1, -0.05) is 12.1 Å². The molecule has 0 bridgehead atoms. The number of aryl methyl sites for hydroxylation is 2. The van der Waals surface area contributed by atoms with E-state index >= 15 is 0 Å². The topological polar surface area (TPSA) is 65.4 Å². The van der Waals surface area contributed by atoms with Crippen LogP contribution in [0.4, 0.5) is 0 Å². The number of fused-ring (bicyclic) bond motifs is 1. The maximum Gasteiger partial charge on any atom is 0.272 e. The Hall–Kier alpha value is -2.34. The van der Waals surface area contributed by atoms with E-state index in [1.807, 2.05) is 52.9 Å². The summed E-state index contributed by atoms with van der Waals surface area (Å²) in [6.07, 6.45) is 0.717. The zero-order valence-electron chi connectivity index (χ0n) is 16.1. The fraction of sp³-hybridized carbons (Fsp3) is 0.500. The SMILES string of the molecule is CCOc1cc(C)ccc1CNC(=O)c1nn(C)c2c1C[C@H](C)O[C@@H]2C. The van der Waals surface area contributed by atoms with Crippen LogP contribution in [0, 0.1) is 6.92 Å². The van der Waals surface area contributed by atoms with Gasteiger partial charge in [0.15, 0.2) is 5.69 Å². The van der Waals surface area contributed by atoms with Gasteiger partial charge in [-0.15, -0.1) is 0 Å². The molecule has 1 aliphatic heterocycles. The summed E-state index contributed by atoms with van der Waals surface area (Å²) in [5, 5.41) is 7.45. The van der Waals surface area contributed by atoms with Crippen molar-refractivity contribution < 1.29 is 14.3 Å². The third-order valence-corrected chi connectivity index (χ3v) is 4.68. The van der Waals surface area contributed by atoms with Gasteiger partial charge in [0.1, 0.15) is 5.75 Å². The van der Waals surface area contributed by atoms with Crippen molar-refractivity contribution in [1.82, 2.24) is 15.1 Å². The van der Waals surface area contributed by atoms with E-state index < -0.39 is 0 Å². The summed E-state index contributed by atoms with van der Waals surface area (Å²) in [6.45, 7) is 8.99. The summed E-state index contributed by atoms with van der Waals surface area (Å²) in [5.41, 5.74) is 4.56. The highest BCUT2D eigenvalue weighted by molar-refractivity contribution is 5.94. The van der Waals surface area contributed by atoms with Crippen molar-refractivity contribution in [2.45, 2.75) is 52.9 Å². The van der Waals surface area contributed by atoms with Crippen LogP contribution in [0.15, 0.2) is 18.2 Å². The summed E-state index contributed by atoms with van der Waals surface area (Å²) in [5.74, 6) is 0.651. The van der Waals surface area contributed by atoms with Crippen LogP contribution in [0.5, 0.6) is 5.75 Å². The largest absolute Gasteiger partial charge is 0.494 e. The molecular formula is C20H27N3O3. The Morgan fingerprint density at radius 2 is 2.19 bits per heavy atom. The lowest BCUT2D eigenvalue weighted by atomic mass is 9.99. The van der Waals surface area contributed by atoms with Crippen LogP contribution in [0.2, 0.25) is 0 Å². The third-order valence-electron chi connectivity index (χ3n) is 4.68. The second-order valence-corrected chi connectivity index (χ2v) is 6.86. The molecule has 1 N–H and O–H groups in total. The molecule has 0 aliphatic carbocycles. The number of ether oxygens (including phenoxy) is 2. The van der Waals surface area contributed by atoms with Crippen LogP contribution >= 0.6 is 0 Å². The van der Waals surface area contributed by atoms with E-state index in [9.17, 15) is 4.79 Å². The van der Waals surface area contributed by atoms with Gasteiger partial charge in [0.2, 0.25) is 0 Å². The standard InChI is InChI=1S/C20H27N3O3/c1-6-25-17-9-12(2)7-8-15(17)11-21-20(24)18-16-10-13(3)26-14(4)19(16)23(5)22-18/h7-9,13-14H,6,10-11H2,1-5H3,(H,21,24)/t13-,14+/m0/s1. The minimum absolute atomic E-state index is 0.0607. The minimum atomic E-state index is -0.161. The number of nitrogens with one attached hydrogen (secondary N) is 1. The van der Waals surface area contributed by atoms with Crippen LogP contribution in [-0.2, 0) is 24.8 Å². The van der Waals surface area contributed by atoms with Gasteiger partial charge >= 0.3 is 0 Å². The number of hydrogen-bond acceptors (Lipinski definition) is 4. The number of amides is 1. The fourth-order valence-electron chi connectivity index (χ4n) is 3.58. The van der Waals surface area contributed by atoms with Crippen LogP contribution in [0.3, 0.4) is 0 Å². The lowest BCUT2D eigenvalue weighted by Gasteiger charge is -2.26. The zero-order chi connectivity index (χ0) is 18.8. The summed E-state index contributed by atoms with van der Waals surface area (Å²) < 4.78 is 13.3. The lowest BCUT2D eigenvalue weighted by molar-refractivity contribution is -0.00903. The number of nitrogens with zero attached hydrogens (tertiary/aromatic N) is 2. The number of carbonyl (C=O) groups is 1. The Morgan fingerprint density at radius 1 is 1.42 bits per heavy atom. The molecule has 0 saturated carbocycles. The predicted molar refractivity (Wildman–Crippen MR) is 99.4 cm³/mol. The third kappa shape index (κ3) is 3.60. The van der Waals surface area contributed by atoms with Gasteiger partial charge in [-0.2, -0.15) is 5.10 Å². The molecule has 1 amide bonds. The van der Waals surface area contributed by atoms with Gasteiger partial charge < -0.3 is 14.8 Å². The highest BCUT2D eigenvalue weighted by Crippen LogP contribution is 2.31. The first-order valence-electron chi connectivity index (χ1n) is 9.12. The van der Waals surface area contributed by atoms with E-state index in [1.54, 1.807) is 4.68 Å². The first-order chi connectivity index (χ1) is 12.4. The number of rotatable bonds is 5. The van der Waals surface area contributed by atoms with E-state index in [2.05, 4.69) is 10.4 Å². The first-order valence-corrected chi connectivity index (χ1v) is 9.12. The van der Waals surface area contributed by atoms with E-state index in [1.165, 1.54) is 0 Å². The maximum absolute atomic E-state index is 12.8. The number of aromatic nitrogens is 2. The second kappa shape index (κ2) is 7.50. The molecule has 1 aromatic carbocycles. The lowest BCUT2D eigenvalue weighted by Crippen LogP contribution is -2.27. The monoisotopic (exact) mass is 357 g/mol. The number of benzene rings is 1. The molecular weight excluding hydrogens is 330 g/mol. The van der Waals surface area contributed by atoms with Crippen LogP contribution in [-0.4, -0.2) is 28.4 Å². The smallest absolute Gasteiger partial charge is 0.272 e. The molecule has 2 aromatic rings. The predicted octanol–water partition coefficient (Wildman–Crippen LogP) is 3.08. The van der Waals surface area contributed by atoms with E-state index in [0.717, 1.165) is 28.1 Å². The summed E-state index contributed by atoms with van der Waals surface area (Å²) in [4.78, 5) is 12.8. The van der Waals surface area contributed by atoms with Crippen molar-refractivity contribution in [3.8, 4) is 5.75 Å². The molecule has 6 nitrogen and oxygen atoms in total. The molecule has 2 heterocycles. The van der Waals surface area contributed by atoms with Crippen molar-refractivity contribution in [1.29, 1.82) is 0 Å². The molecule has 0 unspecified atom stereocenters. The molecule has 3 rings (SSSR count). The van der Waals surface area contributed by atoms with Crippen molar-refractivity contribution in [2.75, 3.05) is 6.61 Å². The van der Waals surface area contributed by atoms with Gasteiger partial charge in [-0.3, -0.25) is 9.48 Å². The van der Waals surface area contributed by atoms with Gasteiger partial charge in [-0.25, -0.2) is 0 Å². The van der Waals surface area contributed by atoms with E-state index in [4.69, 9.17) is 9.47 Å². The molecule has 26 heavy (non-hydrogen) atoms. The molecule has 1 aliphatic rings. The van der Waals surface area contributed by atoms with Crippen LogP contribution < -0.4 is 10.1 Å². The second-order valence-electron chi connectivity index (χ2n) is 6.86. The normalized spacial score (nSPS) is 19.1. The zero-order valence-corrected chi connectivity index (χ0v) is 16.1. The maximum atomic E-state index is 12.8. The van der Waals surface area contributed by atoms with Gasteiger partial charge in [0, 0.05) is 31.1 Å². The Kier molecular flexibility index (Phi) is 5.32. The Labute approximate surface area is 154 Å². The molecule has 0 fully saturated rings. The summed E-state index contributed by atoms with van der Waals surface area (Å²) in [6, 6.07) is 6.01. The fourth-order valence-corrected chi connectivity index (χ4v) is 3.58. The van der Waals surface area contributed by atoms with Gasteiger partial charge in [0.05, 0.1) is 24.5 Å². The quantitative estimate of drug-likeness (QED) is 0.893. The van der Waals surface area contributed by atoms with Crippen molar-refractivity contribution in [3.05, 3.63) is 46.3 Å². The first kappa shape index (κ1) is 18.5. The van der Waals surface area contributed by atoms with Crippen LogP contribution in [0.1, 0.15) is 59.7 Å². The van der Waals surface area contributed by atoms with E-state index in [0.29, 0.717) is 25.3 Å². The van der Waals surface area contributed by atoms with Gasteiger partial charge in [-0.05, 0) is 39.3 Å². The molecule has 2 atom stereocenters. The Morgan fingerprint density at radius 3 is 2.92 bits per heavy atom. The Balaban J connectivity index is 1.79. The number of carbonyl (C=O) groups excluding carboxylic acids is 1. The van der Waals surface area contributed by atoms with Crippen molar-refractivity contribution in [2.24, 2.45) is 7.05 Å². The molecule has 140 valence electrons. The average molecular weight is 357 g/mol. The molecule has 1 aromatic heterocycles. The summed E-state index contributed by atoms with van der Waals surface area (Å²) >= 11 is 0. The average Bonchev–Trinajstić information content (AvgIpc) is 2.91. The molecule has 0 saturated heterocycles. The van der Waals surface area contributed by atoms with E-state index in [-0.39, 0.29) is 18.1 Å². The molecule has 0 spiro atoms.